The van der Waals surface area contributed by atoms with Crippen molar-refractivity contribution in [2.45, 2.75) is 193 Å². The van der Waals surface area contributed by atoms with Crippen LogP contribution in [0.15, 0.2) is 48.6 Å². The molecule has 0 fully saturated rings. The summed E-state index contributed by atoms with van der Waals surface area (Å²) in [6.07, 6.45) is 50.1. The summed E-state index contributed by atoms with van der Waals surface area (Å²) in [7, 11) is 2.14. The predicted octanol–water partition coefficient (Wildman–Crippen LogP) is 11.2. The summed E-state index contributed by atoms with van der Waals surface area (Å²) in [5.74, 6) is 0. The van der Waals surface area contributed by atoms with Crippen molar-refractivity contribution in [1.29, 1.82) is 0 Å². The Morgan fingerprint density at radius 1 is 0.440 bits per heavy atom. The quantitative estimate of drug-likeness (QED) is 0.0378. The van der Waals surface area contributed by atoms with Crippen LogP contribution in [0.4, 0.5) is 0 Å². The number of nitrogens with one attached hydrogen (secondary N) is 2. The topological polar surface area (TPSA) is 67.8 Å². The van der Waals surface area contributed by atoms with E-state index in [1.165, 1.54) is 128 Å². The second-order valence-corrected chi connectivity index (χ2v) is 14.8. The van der Waals surface area contributed by atoms with Gasteiger partial charge in [0.2, 0.25) is 0 Å². The maximum Gasteiger partial charge on any atom is 0.0664 e. The number of aliphatic hydroxyl groups excluding tert-OH is 2. The Bertz CT molecular complexity index is 703. The first kappa shape index (κ1) is 48.8. The molecule has 0 spiro atoms. The summed E-state index contributed by atoms with van der Waals surface area (Å²) in [6, 6.07) is 0. The highest BCUT2D eigenvalue weighted by Gasteiger charge is 2.06. The smallest absolute Gasteiger partial charge is 0.0664 e. The number of unbranched alkanes of at least 4 members (excludes halogenated alkanes) is 18. The Morgan fingerprint density at radius 3 is 1.12 bits per heavy atom. The van der Waals surface area contributed by atoms with Gasteiger partial charge in [-0.1, -0.05) is 152 Å². The summed E-state index contributed by atoms with van der Waals surface area (Å²) in [4.78, 5) is 2.31. The monoisotopic (exact) mass is 702 g/mol. The summed E-state index contributed by atoms with van der Waals surface area (Å²) < 4.78 is 0. The third-order valence-corrected chi connectivity index (χ3v) is 9.58. The molecule has 0 aromatic rings. The van der Waals surface area contributed by atoms with E-state index in [0.717, 1.165) is 64.7 Å². The molecule has 0 aliphatic rings. The predicted molar refractivity (Wildman–Crippen MR) is 223 cm³/mol. The number of allylic oxidation sites excluding steroid dienone is 8. The minimum Gasteiger partial charge on any atom is -0.392 e. The van der Waals surface area contributed by atoms with Gasteiger partial charge in [0.05, 0.1) is 12.2 Å². The second kappa shape index (κ2) is 42.2. The molecular weight excluding hydrogens is 615 g/mol. The molecule has 2 unspecified atom stereocenters. The van der Waals surface area contributed by atoms with E-state index >= 15 is 0 Å². The second-order valence-electron chi connectivity index (χ2n) is 14.8. The number of rotatable bonds is 40. The fraction of sp³-hybridized carbons (Fsp3) is 0.822. The van der Waals surface area contributed by atoms with Crippen LogP contribution in [0.3, 0.4) is 0 Å². The molecule has 2 atom stereocenters. The molecule has 0 amide bonds. The summed E-state index contributed by atoms with van der Waals surface area (Å²) >= 11 is 0. The zero-order valence-electron chi connectivity index (χ0n) is 33.7. The highest BCUT2D eigenvalue weighted by atomic mass is 16.3. The SMILES string of the molecule is CCCCC/C=C\C/C=C\CCCCCCCCC(O)CNCCN(C)CCNCC(O)CCCCCCCC/C=C\C/C=C\CCCCC. The molecule has 294 valence electrons. The minimum atomic E-state index is -0.237. The van der Waals surface area contributed by atoms with Gasteiger partial charge in [-0.3, -0.25) is 0 Å². The van der Waals surface area contributed by atoms with Gasteiger partial charge in [-0.05, 0) is 84.1 Å². The van der Waals surface area contributed by atoms with Crippen LogP contribution in [-0.2, 0) is 0 Å². The molecule has 0 aliphatic heterocycles. The average Bonchev–Trinajstić information content (AvgIpc) is 3.11. The number of nitrogens with zero attached hydrogens (tertiary/aromatic N) is 1. The van der Waals surface area contributed by atoms with Crippen LogP contribution in [0.5, 0.6) is 0 Å². The van der Waals surface area contributed by atoms with Crippen molar-refractivity contribution in [3.8, 4) is 0 Å². The molecule has 0 saturated heterocycles. The van der Waals surface area contributed by atoms with Crippen molar-refractivity contribution in [2.24, 2.45) is 0 Å². The first-order valence-electron chi connectivity index (χ1n) is 21.7. The molecule has 4 N–H and O–H groups in total. The molecule has 5 heteroatoms. The lowest BCUT2D eigenvalue weighted by molar-refractivity contribution is 0.154. The number of hydrogen-bond donors (Lipinski definition) is 4. The van der Waals surface area contributed by atoms with Crippen molar-refractivity contribution >= 4 is 0 Å². The summed E-state index contributed by atoms with van der Waals surface area (Å²) in [6.45, 7) is 9.62. The molecule has 0 radical (unpaired) electrons. The van der Waals surface area contributed by atoms with Crippen LogP contribution in [0.25, 0.3) is 0 Å². The average molecular weight is 702 g/mol. The van der Waals surface area contributed by atoms with Crippen molar-refractivity contribution in [1.82, 2.24) is 15.5 Å². The van der Waals surface area contributed by atoms with Gasteiger partial charge in [-0.25, -0.2) is 0 Å². The van der Waals surface area contributed by atoms with Gasteiger partial charge in [0, 0.05) is 39.3 Å². The van der Waals surface area contributed by atoms with Crippen molar-refractivity contribution in [3.63, 3.8) is 0 Å². The lowest BCUT2D eigenvalue weighted by Gasteiger charge is -2.19. The van der Waals surface area contributed by atoms with Crippen molar-refractivity contribution in [2.75, 3.05) is 46.3 Å². The normalized spacial score (nSPS) is 13.7. The standard InChI is InChI=1S/C45H87N3O2/c1-4-6-8-10-12-14-16-18-20-22-24-26-28-30-32-34-36-44(49)42-46-38-40-48(3)41-39-47-43-45(50)37-35-33-31-29-27-25-23-21-19-17-15-13-11-9-7-5-2/h12-15,18-21,44-47,49-50H,4-11,16-17,22-43H2,1-3H3/b14-12-,15-13-,20-18-,21-19-. The van der Waals surface area contributed by atoms with Crippen molar-refractivity contribution < 1.29 is 10.2 Å². The van der Waals surface area contributed by atoms with Crippen LogP contribution in [0.1, 0.15) is 181 Å². The first-order valence-corrected chi connectivity index (χ1v) is 21.7. The zero-order chi connectivity index (χ0) is 36.4. The minimum absolute atomic E-state index is 0.237. The van der Waals surface area contributed by atoms with Crippen LogP contribution in [-0.4, -0.2) is 73.6 Å². The maximum atomic E-state index is 10.3. The first-order chi connectivity index (χ1) is 24.6. The van der Waals surface area contributed by atoms with Crippen LogP contribution in [0.2, 0.25) is 0 Å². The zero-order valence-corrected chi connectivity index (χ0v) is 33.7. The fourth-order valence-corrected chi connectivity index (χ4v) is 6.13. The van der Waals surface area contributed by atoms with E-state index in [9.17, 15) is 10.2 Å². The van der Waals surface area contributed by atoms with Gasteiger partial charge in [0.1, 0.15) is 0 Å². The third kappa shape index (κ3) is 41.2. The van der Waals surface area contributed by atoms with Crippen molar-refractivity contribution in [3.05, 3.63) is 48.6 Å². The van der Waals surface area contributed by atoms with Gasteiger partial charge in [0.15, 0.2) is 0 Å². The molecule has 0 aromatic carbocycles. The lowest BCUT2D eigenvalue weighted by atomic mass is 10.1. The number of likely N-dealkylation sites (N-methyl/N-ethyl adjacent to an activating group) is 1. The molecule has 50 heavy (non-hydrogen) atoms. The molecule has 0 heterocycles. The van der Waals surface area contributed by atoms with Crippen LogP contribution < -0.4 is 10.6 Å². The van der Waals surface area contributed by atoms with Gasteiger partial charge >= 0.3 is 0 Å². The Morgan fingerprint density at radius 2 is 0.760 bits per heavy atom. The Kier molecular flexibility index (Phi) is 41.1. The molecule has 0 rings (SSSR count). The summed E-state index contributed by atoms with van der Waals surface area (Å²) in [5.41, 5.74) is 0. The van der Waals surface area contributed by atoms with Gasteiger partial charge in [-0.2, -0.15) is 0 Å². The van der Waals surface area contributed by atoms with Crippen LogP contribution >= 0.6 is 0 Å². The molecule has 0 saturated carbocycles. The van der Waals surface area contributed by atoms with Crippen LogP contribution in [0, 0.1) is 0 Å². The molecular formula is C45H87N3O2. The molecule has 5 nitrogen and oxygen atoms in total. The molecule has 0 aliphatic carbocycles. The Labute approximate surface area is 312 Å². The highest BCUT2D eigenvalue weighted by Crippen LogP contribution is 2.12. The van der Waals surface area contributed by atoms with Gasteiger partial charge in [-0.15, -0.1) is 0 Å². The fourth-order valence-electron chi connectivity index (χ4n) is 6.13. The van der Waals surface area contributed by atoms with Gasteiger partial charge in [0.25, 0.3) is 0 Å². The van der Waals surface area contributed by atoms with E-state index in [1.807, 2.05) is 0 Å². The van der Waals surface area contributed by atoms with E-state index in [2.05, 4.69) is 85.0 Å². The number of hydrogen-bond acceptors (Lipinski definition) is 5. The van der Waals surface area contributed by atoms with E-state index in [4.69, 9.17) is 0 Å². The Hall–Kier alpha value is -1.24. The van der Waals surface area contributed by atoms with E-state index in [-0.39, 0.29) is 12.2 Å². The summed E-state index contributed by atoms with van der Waals surface area (Å²) in [5, 5.41) is 27.5. The third-order valence-electron chi connectivity index (χ3n) is 9.58. The Balaban J connectivity index is 3.43. The molecule has 0 bridgehead atoms. The largest absolute Gasteiger partial charge is 0.392 e. The number of aliphatic hydroxyl groups is 2. The van der Waals surface area contributed by atoms with Gasteiger partial charge < -0.3 is 25.7 Å². The maximum absolute atomic E-state index is 10.3. The van der Waals surface area contributed by atoms with E-state index < -0.39 is 0 Å². The van der Waals surface area contributed by atoms with E-state index in [0.29, 0.717) is 13.1 Å². The lowest BCUT2D eigenvalue weighted by Crippen LogP contribution is -2.38. The molecule has 0 aromatic heterocycles. The highest BCUT2D eigenvalue weighted by molar-refractivity contribution is 4.93. The van der Waals surface area contributed by atoms with E-state index in [1.54, 1.807) is 0 Å².